The molecule has 1 aliphatic rings. The Labute approximate surface area is 178 Å². The van der Waals surface area contributed by atoms with Gasteiger partial charge in [-0.15, -0.1) is 5.10 Å². The van der Waals surface area contributed by atoms with Gasteiger partial charge in [0.15, 0.2) is 5.82 Å². The first-order valence-corrected chi connectivity index (χ1v) is 9.97. The summed E-state index contributed by atoms with van der Waals surface area (Å²) in [5.74, 6) is 1.71. The maximum Gasteiger partial charge on any atom is 0.346 e. The van der Waals surface area contributed by atoms with Crippen LogP contribution in [0.5, 0.6) is 11.5 Å². The molecule has 1 fully saturated rings. The van der Waals surface area contributed by atoms with Crippen molar-refractivity contribution >= 4 is 11.7 Å². The first-order valence-electron chi connectivity index (χ1n) is 9.97. The SMILES string of the molecule is COc1ccc(NC(=O)NCCn2nc(-c3cccnc3)n(C3CC3)c2=O)c(OC)c1. The fourth-order valence-corrected chi connectivity index (χ4v) is 3.26. The molecule has 10 heteroatoms. The number of urea groups is 1. The van der Waals surface area contributed by atoms with E-state index in [9.17, 15) is 9.59 Å². The largest absolute Gasteiger partial charge is 0.497 e. The lowest BCUT2D eigenvalue weighted by atomic mass is 10.2. The summed E-state index contributed by atoms with van der Waals surface area (Å²) in [6, 6.07) is 8.56. The number of rotatable bonds is 8. The molecular formula is C21H24N6O4. The average Bonchev–Trinajstić information content (AvgIpc) is 3.58. The number of benzene rings is 1. The predicted molar refractivity (Wildman–Crippen MR) is 115 cm³/mol. The highest BCUT2D eigenvalue weighted by Gasteiger charge is 2.30. The quantitative estimate of drug-likeness (QED) is 0.574. The summed E-state index contributed by atoms with van der Waals surface area (Å²) in [4.78, 5) is 29.3. The molecule has 162 valence electrons. The number of hydrogen-bond donors (Lipinski definition) is 2. The highest BCUT2D eigenvalue weighted by Crippen LogP contribution is 2.36. The highest BCUT2D eigenvalue weighted by molar-refractivity contribution is 5.91. The van der Waals surface area contributed by atoms with Crippen LogP contribution in [0, 0.1) is 0 Å². The summed E-state index contributed by atoms with van der Waals surface area (Å²) in [6.07, 6.45) is 5.30. The van der Waals surface area contributed by atoms with Gasteiger partial charge in [0.05, 0.1) is 26.5 Å². The molecule has 31 heavy (non-hydrogen) atoms. The van der Waals surface area contributed by atoms with Gasteiger partial charge in [0.2, 0.25) is 0 Å². The third-order valence-electron chi connectivity index (χ3n) is 4.97. The molecule has 2 amide bonds. The second kappa shape index (κ2) is 8.90. The first kappa shape index (κ1) is 20.5. The van der Waals surface area contributed by atoms with Crippen LogP contribution in [0.1, 0.15) is 18.9 Å². The molecule has 0 aliphatic heterocycles. The Morgan fingerprint density at radius 1 is 1.23 bits per heavy atom. The predicted octanol–water partition coefficient (Wildman–Crippen LogP) is 2.28. The van der Waals surface area contributed by atoms with E-state index in [-0.39, 0.29) is 24.8 Å². The molecule has 10 nitrogen and oxygen atoms in total. The molecule has 0 unspecified atom stereocenters. The molecular weight excluding hydrogens is 400 g/mol. The van der Waals surface area contributed by atoms with E-state index in [1.54, 1.807) is 42.3 Å². The highest BCUT2D eigenvalue weighted by atomic mass is 16.5. The van der Waals surface area contributed by atoms with E-state index in [1.165, 1.54) is 11.8 Å². The number of nitrogens with zero attached hydrogens (tertiary/aromatic N) is 4. The summed E-state index contributed by atoms with van der Waals surface area (Å²) in [6.45, 7) is 0.483. The number of ether oxygens (including phenoxy) is 2. The van der Waals surface area contributed by atoms with Crippen LogP contribution >= 0.6 is 0 Å². The third kappa shape index (κ3) is 4.52. The van der Waals surface area contributed by atoms with Gasteiger partial charge in [-0.1, -0.05) is 0 Å². The second-order valence-corrected chi connectivity index (χ2v) is 7.12. The Bertz CT molecular complexity index is 1120. The summed E-state index contributed by atoms with van der Waals surface area (Å²) in [7, 11) is 3.07. The third-order valence-corrected chi connectivity index (χ3v) is 4.97. The van der Waals surface area contributed by atoms with Crippen molar-refractivity contribution in [1.82, 2.24) is 24.6 Å². The van der Waals surface area contributed by atoms with Crippen molar-refractivity contribution in [2.75, 3.05) is 26.1 Å². The maximum atomic E-state index is 12.8. The van der Waals surface area contributed by atoms with Crippen LogP contribution in [0.3, 0.4) is 0 Å². The topological polar surface area (TPSA) is 112 Å². The van der Waals surface area contributed by atoms with Gasteiger partial charge in [-0.05, 0) is 37.1 Å². The van der Waals surface area contributed by atoms with E-state index in [4.69, 9.17) is 9.47 Å². The van der Waals surface area contributed by atoms with Crippen LogP contribution in [0.25, 0.3) is 11.4 Å². The molecule has 2 N–H and O–H groups in total. The van der Waals surface area contributed by atoms with Gasteiger partial charge >= 0.3 is 11.7 Å². The minimum atomic E-state index is -0.411. The smallest absolute Gasteiger partial charge is 0.346 e. The number of pyridine rings is 1. The number of aromatic nitrogens is 4. The van der Waals surface area contributed by atoms with Gasteiger partial charge < -0.3 is 20.1 Å². The standard InChI is InChI=1S/C21H24N6O4/c1-30-16-7-8-17(18(12-16)31-2)24-20(28)23-10-11-26-21(29)27(15-5-6-15)19(25-26)14-4-3-9-22-13-14/h3-4,7-9,12-13,15H,5-6,10-11H2,1-2H3,(H2,23,24,28). The van der Waals surface area contributed by atoms with E-state index >= 15 is 0 Å². The van der Waals surface area contributed by atoms with Gasteiger partial charge in [-0.2, -0.15) is 0 Å². The second-order valence-electron chi connectivity index (χ2n) is 7.12. The normalized spacial score (nSPS) is 13.0. The van der Waals surface area contributed by atoms with E-state index < -0.39 is 6.03 Å². The number of nitrogens with one attached hydrogen (secondary N) is 2. The van der Waals surface area contributed by atoms with Gasteiger partial charge in [0.1, 0.15) is 11.5 Å². The zero-order valence-electron chi connectivity index (χ0n) is 17.4. The lowest BCUT2D eigenvalue weighted by Gasteiger charge is -2.12. The molecule has 1 saturated carbocycles. The summed E-state index contributed by atoms with van der Waals surface area (Å²) < 4.78 is 13.5. The molecule has 0 radical (unpaired) electrons. The van der Waals surface area contributed by atoms with Crippen molar-refractivity contribution in [2.45, 2.75) is 25.4 Å². The molecule has 0 bridgehead atoms. The maximum absolute atomic E-state index is 12.8. The number of anilines is 1. The van der Waals surface area contributed by atoms with Crippen molar-refractivity contribution in [3.8, 4) is 22.9 Å². The van der Waals surface area contributed by atoms with Crippen LogP contribution in [0.4, 0.5) is 10.5 Å². The van der Waals surface area contributed by atoms with Crippen LogP contribution in [0.2, 0.25) is 0 Å². The number of amides is 2. The van der Waals surface area contributed by atoms with Gasteiger partial charge in [0, 0.05) is 36.6 Å². The van der Waals surface area contributed by atoms with Crippen LogP contribution in [-0.2, 0) is 6.54 Å². The lowest BCUT2D eigenvalue weighted by Crippen LogP contribution is -2.34. The van der Waals surface area contributed by atoms with Gasteiger partial charge in [0.25, 0.3) is 0 Å². The van der Waals surface area contributed by atoms with E-state index in [0.29, 0.717) is 23.0 Å². The molecule has 2 heterocycles. The fraction of sp³-hybridized carbons (Fsp3) is 0.333. The minimum Gasteiger partial charge on any atom is -0.497 e. The molecule has 3 aromatic rings. The van der Waals surface area contributed by atoms with Crippen molar-refractivity contribution in [3.63, 3.8) is 0 Å². The zero-order valence-corrected chi connectivity index (χ0v) is 17.4. The van der Waals surface area contributed by atoms with Gasteiger partial charge in [-0.3, -0.25) is 9.55 Å². The molecule has 1 aliphatic carbocycles. The van der Waals surface area contributed by atoms with Crippen molar-refractivity contribution in [1.29, 1.82) is 0 Å². The Balaban J connectivity index is 1.41. The number of hydrogen-bond acceptors (Lipinski definition) is 6. The van der Waals surface area contributed by atoms with E-state index in [0.717, 1.165) is 18.4 Å². The molecule has 1 aromatic carbocycles. The summed E-state index contributed by atoms with van der Waals surface area (Å²) in [5, 5.41) is 9.96. The Hall–Kier alpha value is -3.82. The number of carbonyl (C=O) groups is 1. The van der Waals surface area contributed by atoms with Crippen molar-refractivity contribution < 1.29 is 14.3 Å². The van der Waals surface area contributed by atoms with E-state index in [1.807, 2.05) is 12.1 Å². The zero-order chi connectivity index (χ0) is 21.8. The molecule has 0 saturated heterocycles. The Morgan fingerprint density at radius 2 is 2.06 bits per heavy atom. The lowest BCUT2D eigenvalue weighted by molar-refractivity contribution is 0.251. The van der Waals surface area contributed by atoms with Crippen LogP contribution in [0.15, 0.2) is 47.5 Å². The van der Waals surface area contributed by atoms with Crippen LogP contribution < -0.4 is 25.8 Å². The van der Waals surface area contributed by atoms with Gasteiger partial charge in [-0.25, -0.2) is 14.3 Å². The molecule has 2 aromatic heterocycles. The summed E-state index contributed by atoms with van der Waals surface area (Å²) >= 11 is 0. The summed E-state index contributed by atoms with van der Waals surface area (Å²) in [5.41, 5.74) is 1.12. The van der Waals surface area contributed by atoms with Crippen LogP contribution in [-0.4, -0.2) is 46.1 Å². The number of methoxy groups -OCH3 is 2. The Morgan fingerprint density at radius 3 is 2.74 bits per heavy atom. The molecule has 0 spiro atoms. The first-order chi connectivity index (χ1) is 15.1. The number of carbonyl (C=O) groups excluding carboxylic acids is 1. The molecule has 0 atom stereocenters. The Kier molecular flexibility index (Phi) is 5.87. The monoisotopic (exact) mass is 424 g/mol. The van der Waals surface area contributed by atoms with Crippen molar-refractivity contribution in [2.24, 2.45) is 0 Å². The minimum absolute atomic E-state index is 0.176. The molecule has 4 rings (SSSR count). The average molecular weight is 424 g/mol. The van der Waals surface area contributed by atoms with E-state index in [2.05, 4.69) is 20.7 Å². The fourth-order valence-electron chi connectivity index (χ4n) is 3.26. The van der Waals surface area contributed by atoms with Crippen molar-refractivity contribution in [3.05, 3.63) is 53.2 Å².